The number of carbonyl (C=O) groups is 3. The van der Waals surface area contributed by atoms with Gasteiger partial charge >= 0.3 is 5.97 Å². The van der Waals surface area contributed by atoms with Gasteiger partial charge in [0.25, 0.3) is 5.91 Å². The molecule has 10 nitrogen and oxygen atoms in total. The molecule has 0 fully saturated rings. The Morgan fingerprint density at radius 1 is 1.20 bits per heavy atom. The van der Waals surface area contributed by atoms with Crippen molar-refractivity contribution >= 4 is 45.9 Å². The van der Waals surface area contributed by atoms with Gasteiger partial charge in [0.05, 0.1) is 35.9 Å². The fraction of sp³-hybridized carbons (Fsp3) is 0.345. The highest BCUT2D eigenvalue weighted by Gasteiger charge is 2.30. The molecule has 0 saturated heterocycles. The van der Waals surface area contributed by atoms with Gasteiger partial charge in [0.2, 0.25) is 5.91 Å². The zero-order valence-electron chi connectivity index (χ0n) is 23.3. The quantitative estimate of drug-likeness (QED) is 0.188. The van der Waals surface area contributed by atoms with Crippen LogP contribution in [0.4, 0.5) is 5.00 Å². The highest BCUT2D eigenvalue weighted by molar-refractivity contribution is 8.00. The lowest BCUT2D eigenvalue weighted by atomic mass is 10.1. The second-order valence-electron chi connectivity index (χ2n) is 9.72. The standard InChI is InChI=1S/C29H31N5O5S2/c1-5-38-28(37)24-19-8-6-10-22(19)41-27(24)31-25(35)18(4)40-29-33-32-23(15-30-26(36)21-9-7-13-39-21)34(29)20-14-16(2)11-12-17(20)3/h7,9,11-14,18H,5-6,8,10,15H2,1-4H3,(H,30,36)(H,31,35)/t18-/m1/s1. The number of amides is 2. The van der Waals surface area contributed by atoms with Crippen LogP contribution in [0, 0.1) is 13.8 Å². The van der Waals surface area contributed by atoms with E-state index in [1.54, 1.807) is 26.0 Å². The van der Waals surface area contributed by atoms with Gasteiger partial charge in [-0.05, 0) is 81.8 Å². The van der Waals surface area contributed by atoms with Crippen LogP contribution in [0.5, 0.6) is 0 Å². The topological polar surface area (TPSA) is 128 Å². The van der Waals surface area contributed by atoms with E-state index < -0.39 is 11.2 Å². The monoisotopic (exact) mass is 593 g/mol. The van der Waals surface area contributed by atoms with Crippen LogP contribution in [-0.2, 0) is 28.9 Å². The molecule has 2 N–H and O–H groups in total. The first-order valence-corrected chi connectivity index (χ1v) is 15.1. The first-order chi connectivity index (χ1) is 19.8. The average molecular weight is 594 g/mol. The Balaban J connectivity index is 1.39. The predicted molar refractivity (Wildman–Crippen MR) is 157 cm³/mol. The Hall–Kier alpha value is -3.90. The molecule has 2 amide bonds. The van der Waals surface area contributed by atoms with Gasteiger partial charge in [-0.25, -0.2) is 4.79 Å². The molecule has 3 heterocycles. The highest BCUT2D eigenvalue weighted by Crippen LogP contribution is 2.40. The SMILES string of the molecule is CCOC(=O)c1c(NC(=O)[C@@H](C)Sc2nnc(CNC(=O)c3ccco3)n2-c2cc(C)ccc2C)sc2c1CCC2. The summed E-state index contributed by atoms with van der Waals surface area (Å²) >= 11 is 2.70. The molecule has 0 spiro atoms. The Bertz CT molecular complexity index is 1590. The van der Waals surface area contributed by atoms with Crippen LogP contribution < -0.4 is 10.6 Å². The molecule has 3 aromatic heterocycles. The molecule has 1 aromatic carbocycles. The Morgan fingerprint density at radius 2 is 2.02 bits per heavy atom. The minimum absolute atomic E-state index is 0.102. The third-order valence-electron chi connectivity index (χ3n) is 6.75. The van der Waals surface area contributed by atoms with Crippen molar-refractivity contribution in [2.45, 2.75) is 63.9 Å². The fourth-order valence-electron chi connectivity index (χ4n) is 4.68. The smallest absolute Gasteiger partial charge is 0.341 e. The number of esters is 1. The van der Waals surface area contributed by atoms with Gasteiger partial charge in [-0.15, -0.1) is 21.5 Å². The van der Waals surface area contributed by atoms with Crippen LogP contribution in [0.15, 0.2) is 46.2 Å². The van der Waals surface area contributed by atoms with Crippen molar-refractivity contribution in [2.24, 2.45) is 0 Å². The third-order valence-corrected chi connectivity index (χ3v) is 9.00. The number of furan rings is 1. The lowest BCUT2D eigenvalue weighted by molar-refractivity contribution is -0.115. The number of nitrogens with one attached hydrogen (secondary N) is 2. The molecular formula is C29H31N5O5S2. The number of carbonyl (C=O) groups excluding carboxylic acids is 3. The van der Waals surface area contributed by atoms with Crippen molar-refractivity contribution in [2.75, 3.05) is 11.9 Å². The number of nitrogens with zero attached hydrogens (tertiary/aromatic N) is 3. The number of hydrogen-bond donors (Lipinski definition) is 2. The van der Waals surface area contributed by atoms with Crippen molar-refractivity contribution in [3.05, 3.63) is 75.3 Å². The largest absolute Gasteiger partial charge is 0.462 e. The molecule has 1 aliphatic carbocycles. The van der Waals surface area contributed by atoms with E-state index in [2.05, 4.69) is 20.8 Å². The summed E-state index contributed by atoms with van der Waals surface area (Å²) in [7, 11) is 0. The third kappa shape index (κ3) is 6.08. The molecule has 0 saturated carbocycles. The molecule has 214 valence electrons. The van der Waals surface area contributed by atoms with Crippen LogP contribution in [0.1, 0.15) is 68.6 Å². The van der Waals surface area contributed by atoms with Crippen molar-refractivity contribution in [1.82, 2.24) is 20.1 Å². The molecule has 4 aromatic rings. The van der Waals surface area contributed by atoms with E-state index in [1.807, 2.05) is 36.6 Å². The second-order valence-corrected chi connectivity index (χ2v) is 12.1. The van der Waals surface area contributed by atoms with Gasteiger partial charge in [-0.2, -0.15) is 0 Å². The summed E-state index contributed by atoms with van der Waals surface area (Å²) in [5.74, 6) is -0.327. The number of benzene rings is 1. The average Bonchev–Trinajstić information content (AvgIpc) is 3.74. The van der Waals surface area contributed by atoms with Gasteiger partial charge in [0, 0.05) is 4.88 Å². The maximum absolute atomic E-state index is 13.4. The number of aryl methyl sites for hydroxylation is 3. The number of thioether (sulfide) groups is 1. The van der Waals surface area contributed by atoms with Crippen LogP contribution >= 0.6 is 23.1 Å². The van der Waals surface area contributed by atoms with Crippen LogP contribution in [0.3, 0.4) is 0 Å². The molecule has 0 unspecified atom stereocenters. The second kappa shape index (κ2) is 12.3. The number of rotatable bonds is 10. The Labute approximate surface area is 245 Å². The lowest BCUT2D eigenvalue weighted by Crippen LogP contribution is -2.25. The first kappa shape index (κ1) is 28.6. The molecular weight excluding hydrogens is 562 g/mol. The maximum atomic E-state index is 13.4. The molecule has 0 bridgehead atoms. The molecule has 41 heavy (non-hydrogen) atoms. The summed E-state index contributed by atoms with van der Waals surface area (Å²) in [4.78, 5) is 39.8. The molecule has 12 heteroatoms. The van der Waals surface area contributed by atoms with Gasteiger partial charge in [0.15, 0.2) is 16.7 Å². The molecule has 0 radical (unpaired) electrons. The Kier molecular flexibility index (Phi) is 8.60. The van der Waals surface area contributed by atoms with Crippen LogP contribution in [0.2, 0.25) is 0 Å². The predicted octanol–water partition coefficient (Wildman–Crippen LogP) is 5.25. The summed E-state index contributed by atoms with van der Waals surface area (Å²) in [5, 5.41) is 15.0. The number of fused-ring (bicyclic) bond motifs is 1. The number of ether oxygens (including phenoxy) is 1. The van der Waals surface area contributed by atoms with Crippen molar-refractivity contribution in [1.29, 1.82) is 0 Å². The highest BCUT2D eigenvalue weighted by atomic mass is 32.2. The molecule has 1 atom stereocenters. The summed E-state index contributed by atoms with van der Waals surface area (Å²) < 4.78 is 12.4. The van der Waals surface area contributed by atoms with Gasteiger partial charge in [-0.1, -0.05) is 23.9 Å². The number of thiophene rings is 1. The lowest BCUT2D eigenvalue weighted by Gasteiger charge is -2.16. The Morgan fingerprint density at radius 3 is 2.78 bits per heavy atom. The summed E-state index contributed by atoms with van der Waals surface area (Å²) in [5.41, 5.74) is 4.35. The van der Waals surface area contributed by atoms with E-state index in [4.69, 9.17) is 9.15 Å². The van der Waals surface area contributed by atoms with Crippen molar-refractivity contribution in [3.8, 4) is 5.69 Å². The normalized spacial score (nSPS) is 13.1. The van der Waals surface area contributed by atoms with Crippen LogP contribution in [0.25, 0.3) is 5.69 Å². The zero-order chi connectivity index (χ0) is 29.1. The van der Waals surface area contributed by atoms with E-state index in [0.29, 0.717) is 21.5 Å². The van der Waals surface area contributed by atoms with Gasteiger partial charge in [-0.3, -0.25) is 14.2 Å². The first-order valence-electron chi connectivity index (χ1n) is 13.4. The van der Waals surface area contributed by atoms with Crippen molar-refractivity contribution < 1.29 is 23.5 Å². The van der Waals surface area contributed by atoms with E-state index in [-0.39, 0.29) is 30.7 Å². The summed E-state index contributed by atoms with van der Waals surface area (Å²) in [6.07, 6.45) is 4.13. The maximum Gasteiger partial charge on any atom is 0.341 e. The molecule has 0 aliphatic heterocycles. The number of hydrogen-bond acceptors (Lipinski definition) is 9. The summed E-state index contributed by atoms with van der Waals surface area (Å²) in [6.45, 7) is 7.90. The number of anilines is 1. The van der Waals surface area contributed by atoms with E-state index in [9.17, 15) is 14.4 Å². The van der Waals surface area contributed by atoms with Gasteiger partial charge in [0.1, 0.15) is 5.00 Å². The fourth-order valence-corrected chi connectivity index (χ4v) is 6.84. The van der Waals surface area contributed by atoms with E-state index >= 15 is 0 Å². The molecule has 1 aliphatic rings. The van der Waals surface area contributed by atoms with Crippen LogP contribution in [-0.4, -0.2) is 44.4 Å². The number of aromatic nitrogens is 3. The van der Waals surface area contributed by atoms with Gasteiger partial charge < -0.3 is 19.8 Å². The molecule has 5 rings (SSSR count). The van der Waals surface area contributed by atoms with Crippen molar-refractivity contribution in [3.63, 3.8) is 0 Å². The van der Waals surface area contributed by atoms with E-state index in [0.717, 1.165) is 46.5 Å². The minimum Gasteiger partial charge on any atom is -0.462 e. The van der Waals surface area contributed by atoms with E-state index in [1.165, 1.54) is 29.4 Å². The summed E-state index contributed by atoms with van der Waals surface area (Å²) in [6, 6.07) is 9.28. The zero-order valence-corrected chi connectivity index (χ0v) is 24.9. The minimum atomic E-state index is -0.569.